The van der Waals surface area contributed by atoms with Crippen LogP contribution < -0.4 is 15.1 Å². The minimum Gasteiger partial charge on any atom is -0.355 e. The molecule has 2 aliphatic rings. The molecule has 3 heterocycles. The van der Waals surface area contributed by atoms with Crippen molar-refractivity contribution in [2.24, 2.45) is 0 Å². The Morgan fingerprint density at radius 1 is 0.857 bits per heavy atom. The van der Waals surface area contributed by atoms with Gasteiger partial charge in [-0.15, -0.1) is 10.2 Å². The van der Waals surface area contributed by atoms with Crippen molar-refractivity contribution in [1.82, 2.24) is 15.1 Å². The number of nitrogens with zero attached hydrogens (tertiary/aromatic N) is 5. The summed E-state index contributed by atoms with van der Waals surface area (Å²) < 4.78 is 26.7. The molecule has 0 saturated carbocycles. The van der Waals surface area contributed by atoms with Gasteiger partial charge in [0.15, 0.2) is 11.6 Å². The van der Waals surface area contributed by atoms with E-state index in [1.54, 1.807) is 4.90 Å². The fourth-order valence-electron chi connectivity index (χ4n) is 3.53. The molecule has 148 valence electrons. The average molecular weight is 388 g/mol. The zero-order valence-corrected chi connectivity index (χ0v) is 15.4. The van der Waals surface area contributed by atoms with Crippen LogP contribution in [0, 0.1) is 11.6 Å². The third kappa shape index (κ3) is 3.97. The van der Waals surface area contributed by atoms with Crippen molar-refractivity contribution < 1.29 is 13.6 Å². The molecule has 2 aromatic rings. The SMILES string of the molecule is O=C(Nc1ccc(F)cc1F)N1CCN(c2ccc(N3CCCC3)nn2)CC1. The lowest BCUT2D eigenvalue weighted by molar-refractivity contribution is 0.208. The fraction of sp³-hybridized carbons (Fsp3) is 0.421. The number of hydrogen-bond acceptors (Lipinski definition) is 5. The van der Waals surface area contributed by atoms with Crippen LogP contribution in [-0.2, 0) is 0 Å². The summed E-state index contributed by atoms with van der Waals surface area (Å²) in [5.74, 6) is 0.217. The Balaban J connectivity index is 1.32. The first-order valence-electron chi connectivity index (χ1n) is 9.45. The normalized spacial score (nSPS) is 17.1. The van der Waals surface area contributed by atoms with E-state index >= 15 is 0 Å². The quantitative estimate of drug-likeness (QED) is 0.876. The van der Waals surface area contributed by atoms with Crippen LogP contribution in [0.1, 0.15) is 12.8 Å². The van der Waals surface area contributed by atoms with E-state index < -0.39 is 17.7 Å². The van der Waals surface area contributed by atoms with Gasteiger partial charge in [-0.25, -0.2) is 13.6 Å². The predicted octanol–water partition coefficient (Wildman–Crippen LogP) is 2.71. The molecule has 0 aliphatic carbocycles. The first-order valence-corrected chi connectivity index (χ1v) is 9.45. The molecule has 2 aliphatic heterocycles. The molecule has 0 spiro atoms. The van der Waals surface area contributed by atoms with E-state index in [0.29, 0.717) is 26.2 Å². The lowest BCUT2D eigenvalue weighted by atomic mass is 10.3. The van der Waals surface area contributed by atoms with Gasteiger partial charge in [0.25, 0.3) is 0 Å². The molecular weight excluding hydrogens is 366 g/mol. The summed E-state index contributed by atoms with van der Waals surface area (Å²) >= 11 is 0. The molecule has 2 fully saturated rings. The number of hydrogen-bond donors (Lipinski definition) is 1. The minimum absolute atomic E-state index is 0.0304. The second kappa shape index (κ2) is 7.95. The molecule has 7 nitrogen and oxygen atoms in total. The number of amides is 2. The van der Waals surface area contributed by atoms with E-state index in [0.717, 1.165) is 36.9 Å². The molecule has 0 bridgehead atoms. The van der Waals surface area contributed by atoms with Gasteiger partial charge in [-0.05, 0) is 37.1 Å². The van der Waals surface area contributed by atoms with Gasteiger partial charge in [0, 0.05) is 45.3 Å². The third-order valence-electron chi connectivity index (χ3n) is 5.13. The monoisotopic (exact) mass is 388 g/mol. The zero-order valence-electron chi connectivity index (χ0n) is 15.4. The van der Waals surface area contributed by atoms with Crippen LogP contribution in [0.4, 0.5) is 30.9 Å². The Labute approximate surface area is 161 Å². The van der Waals surface area contributed by atoms with Gasteiger partial charge in [-0.2, -0.15) is 0 Å². The molecule has 4 rings (SSSR count). The largest absolute Gasteiger partial charge is 0.355 e. The van der Waals surface area contributed by atoms with Gasteiger partial charge in [-0.3, -0.25) is 0 Å². The first kappa shape index (κ1) is 18.4. The number of nitrogens with one attached hydrogen (secondary N) is 1. The van der Waals surface area contributed by atoms with Gasteiger partial charge in [0.1, 0.15) is 11.6 Å². The highest BCUT2D eigenvalue weighted by molar-refractivity contribution is 5.89. The number of anilines is 3. The van der Waals surface area contributed by atoms with Gasteiger partial charge < -0.3 is 20.0 Å². The molecule has 2 amide bonds. The van der Waals surface area contributed by atoms with Crippen LogP contribution in [-0.4, -0.2) is 60.4 Å². The maximum atomic E-state index is 13.7. The third-order valence-corrected chi connectivity index (χ3v) is 5.13. The van der Waals surface area contributed by atoms with E-state index in [1.165, 1.54) is 18.9 Å². The van der Waals surface area contributed by atoms with Crippen molar-refractivity contribution in [2.45, 2.75) is 12.8 Å². The number of halogens is 2. The summed E-state index contributed by atoms with van der Waals surface area (Å²) in [7, 11) is 0. The van der Waals surface area contributed by atoms with Gasteiger partial charge in [-0.1, -0.05) is 0 Å². The molecule has 9 heteroatoms. The predicted molar refractivity (Wildman–Crippen MR) is 103 cm³/mol. The summed E-state index contributed by atoms with van der Waals surface area (Å²) in [5, 5.41) is 11.2. The number of piperazine rings is 1. The van der Waals surface area contributed by atoms with E-state index in [9.17, 15) is 13.6 Å². The summed E-state index contributed by atoms with van der Waals surface area (Å²) in [6.45, 7) is 4.22. The van der Waals surface area contributed by atoms with Crippen molar-refractivity contribution >= 4 is 23.4 Å². The highest BCUT2D eigenvalue weighted by Gasteiger charge is 2.23. The van der Waals surface area contributed by atoms with Crippen LogP contribution in [0.15, 0.2) is 30.3 Å². The van der Waals surface area contributed by atoms with Crippen LogP contribution in [0.25, 0.3) is 0 Å². The minimum atomic E-state index is -0.791. The molecule has 0 atom stereocenters. The van der Waals surface area contributed by atoms with Gasteiger partial charge in [0.05, 0.1) is 5.69 Å². The summed E-state index contributed by atoms with van der Waals surface area (Å²) in [5.41, 5.74) is -0.0304. The maximum Gasteiger partial charge on any atom is 0.322 e. The molecule has 1 N–H and O–H groups in total. The maximum absolute atomic E-state index is 13.7. The van der Waals surface area contributed by atoms with E-state index in [-0.39, 0.29) is 5.69 Å². The first-order chi connectivity index (χ1) is 13.6. The summed E-state index contributed by atoms with van der Waals surface area (Å²) in [6, 6.07) is 6.63. The number of benzene rings is 1. The highest BCUT2D eigenvalue weighted by Crippen LogP contribution is 2.20. The van der Waals surface area contributed by atoms with Crippen molar-refractivity contribution in [1.29, 1.82) is 0 Å². The van der Waals surface area contributed by atoms with E-state index in [1.807, 2.05) is 12.1 Å². The number of carbonyl (C=O) groups is 1. The molecule has 1 aromatic heterocycles. The Kier molecular flexibility index (Phi) is 5.23. The lowest BCUT2D eigenvalue weighted by Gasteiger charge is -2.35. The number of urea groups is 1. The van der Waals surface area contributed by atoms with Crippen LogP contribution >= 0.6 is 0 Å². The van der Waals surface area contributed by atoms with Gasteiger partial charge >= 0.3 is 6.03 Å². The Morgan fingerprint density at radius 2 is 1.46 bits per heavy atom. The number of carbonyl (C=O) groups excluding carboxylic acids is 1. The van der Waals surface area contributed by atoms with Crippen molar-refractivity contribution in [3.63, 3.8) is 0 Å². The fourth-order valence-corrected chi connectivity index (χ4v) is 3.53. The molecule has 1 aromatic carbocycles. The Morgan fingerprint density at radius 3 is 2.04 bits per heavy atom. The van der Waals surface area contributed by atoms with Crippen LogP contribution in [0.5, 0.6) is 0 Å². The van der Waals surface area contributed by atoms with Crippen LogP contribution in [0.3, 0.4) is 0 Å². The lowest BCUT2D eigenvalue weighted by Crippen LogP contribution is -2.50. The standard InChI is InChI=1S/C19H22F2N6O/c20-14-3-4-16(15(21)13-14)22-19(28)27-11-9-26(10-12-27)18-6-5-17(23-24-18)25-7-1-2-8-25/h3-6,13H,1-2,7-12H2,(H,22,28). The van der Waals surface area contributed by atoms with Crippen molar-refractivity contribution in [2.75, 3.05) is 54.4 Å². The topological polar surface area (TPSA) is 64.6 Å². The molecule has 28 heavy (non-hydrogen) atoms. The molecule has 0 radical (unpaired) electrons. The Hall–Kier alpha value is -2.97. The second-order valence-electron chi connectivity index (χ2n) is 6.97. The molecule has 2 saturated heterocycles. The average Bonchev–Trinajstić information content (AvgIpc) is 3.25. The summed E-state index contributed by atoms with van der Waals surface area (Å²) in [4.78, 5) is 18.2. The van der Waals surface area contributed by atoms with E-state index in [2.05, 4.69) is 25.3 Å². The van der Waals surface area contributed by atoms with Gasteiger partial charge in [0.2, 0.25) is 0 Å². The number of aromatic nitrogens is 2. The van der Waals surface area contributed by atoms with Crippen LogP contribution in [0.2, 0.25) is 0 Å². The highest BCUT2D eigenvalue weighted by atomic mass is 19.1. The van der Waals surface area contributed by atoms with E-state index in [4.69, 9.17) is 0 Å². The molecule has 0 unspecified atom stereocenters. The second-order valence-corrected chi connectivity index (χ2v) is 6.97. The molecular formula is C19H22F2N6O. The zero-order chi connectivity index (χ0) is 19.5. The number of rotatable bonds is 3. The Bertz CT molecular complexity index is 833. The smallest absolute Gasteiger partial charge is 0.322 e. The van der Waals surface area contributed by atoms with Crippen molar-refractivity contribution in [3.8, 4) is 0 Å². The van der Waals surface area contributed by atoms with Crippen molar-refractivity contribution in [3.05, 3.63) is 42.0 Å². The summed E-state index contributed by atoms with van der Waals surface area (Å²) in [6.07, 6.45) is 2.38.